The summed E-state index contributed by atoms with van der Waals surface area (Å²) >= 11 is 0. The molecule has 0 saturated carbocycles. The van der Waals surface area contributed by atoms with Gasteiger partial charge in [0.1, 0.15) is 11.6 Å². The summed E-state index contributed by atoms with van der Waals surface area (Å²) in [4.78, 5) is 19.3. The van der Waals surface area contributed by atoms with E-state index in [4.69, 9.17) is 4.74 Å². The molecule has 5 nitrogen and oxygen atoms in total. The molecule has 0 aliphatic heterocycles. The number of anilines is 1. The van der Waals surface area contributed by atoms with Crippen LogP contribution in [-0.2, 0) is 4.79 Å². The van der Waals surface area contributed by atoms with Gasteiger partial charge in [0.05, 0.1) is 0 Å². The second kappa shape index (κ2) is 5.48. The molecule has 19 heavy (non-hydrogen) atoms. The van der Waals surface area contributed by atoms with Gasteiger partial charge >= 0.3 is 0 Å². The van der Waals surface area contributed by atoms with E-state index in [0.717, 1.165) is 11.4 Å². The van der Waals surface area contributed by atoms with E-state index in [-0.39, 0.29) is 5.91 Å². The number of aryl methyl sites for hydroxylation is 2. The van der Waals surface area contributed by atoms with Crippen molar-refractivity contribution in [1.29, 1.82) is 0 Å². The molecule has 0 unspecified atom stereocenters. The quantitative estimate of drug-likeness (QED) is 0.918. The lowest BCUT2D eigenvalue weighted by atomic mass is 10.3. The maximum Gasteiger partial charge on any atom is 0.222 e. The first-order chi connectivity index (χ1) is 9.02. The van der Waals surface area contributed by atoms with Gasteiger partial charge in [-0.15, -0.1) is 0 Å². The average molecular weight is 257 g/mol. The number of carbonyl (C=O) groups excluding carboxylic acids is 1. The van der Waals surface area contributed by atoms with Crippen LogP contribution >= 0.6 is 0 Å². The van der Waals surface area contributed by atoms with Crippen LogP contribution in [0.5, 0.6) is 11.6 Å². The van der Waals surface area contributed by atoms with Crippen molar-refractivity contribution in [2.24, 2.45) is 0 Å². The molecule has 1 N–H and O–H groups in total. The van der Waals surface area contributed by atoms with Crippen LogP contribution in [0.2, 0.25) is 0 Å². The lowest BCUT2D eigenvalue weighted by Gasteiger charge is -2.07. The smallest absolute Gasteiger partial charge is 0.222 e. The van der Waals surface area contributed by atoms with Gasteiger partial charge in [-0.2, -0.15) is 4.98 Å². The molecule has 0 aliphatic carbocycles. The van der Waals surface area contributed by atoms with Gasteiger partial charge < -0.3 is 10.1 Å². The maximum absolute atomic E-state index is 10.9. The number of aromatic nitrogens is 2. The van der Waals surface area contributed by atoms with Crippen molar-refractivity contribution in [2.75, 3.05) is 5.32 Å². The second-order valence-corrected chi connectivity index (χ2v) is 4.20. The Balaban J connectivity index is 2.12. The van der Waals surface area contributed by atoms with Crippen LogP contribution < -0.4 is 10.1 Å². The summed E-state index contributed by atoms with van der Waals surface area (Å²) in [6.07, 6.45) is 0. The summed E-state index contributed by atoms with van der Waals surface area (Å²) in [6.45, 7) is 5.18. The summed E-state index contributed by atoms with van der Waals surface area (Å²) in [6, 6.07) is 8.88. The number of hydrogen-bond donors (Lipinski definition) is 1. The van der Waals surface area contributed by atoms with Gasteiger partial charge in [-0.05, 0) is 38.1 Å². The molecule has 2 aromatic rings. The van der Waals surface area contributed by atoms with Crippen LogP contribution in [0.1, 0.15) is 18.4 Å². The molecule has 0 saturated heterocycles. The number of amides is 1. The fourth-order valence-corrected chi connectivity index (χ4v) is 1.67. The van der Waals surface area contributed by atoms with Crippen LogP contribution in [0.3, 0.4) is 0 Å². The lowest BCUT2D eigenvalue weighted by molar-refractivity contribution is -0.114. The molecular weight excluding hydrogens is 242 g/mol. The van der Waals surface area contributed by atoms with Gasteiger partial charge in [0.25, 0.3) is 0 Å². The first kappa shape index (κ1) is 13.0. The Bertz CT molecular complexity index is 574. The monoisotopic (exact) mass is 257 g/mol. The average Bonchev–Trinajstić information content (AvgIpc) is 2.29. The van der Waals surface area contributed by atoms with Crippen molar-refractivity contribution in [1.82, 2.24) is 9.97 Å². The highest BCUT2D eigenvalue weighted by Gasteiger charge is 2.02. The number of benzene rings is 1. The Morgan fingerprint density at radius 2 is 1.84 bits per heavy atom. The fraction of sp³-hybridized carbons (Fsp3) is 0.214. The van der Waals surface area contributed by atoms with Crippen molar-refractivity contribution >= 4 is 11.6 Å². The third-order valence-electron chi connectivity index (χ3n) is 2.34. The number of nitrogens with zero attached hydrogens (tertiary/aromatic N) is 2. The number of nitrogens with one attached hydrogen (secondary N) is 1. The zero-order chi connectivity index (χ0) is 13.8. The van der Waals surface area contributed by atoms with Crippen LogP contribution in [0, 0.1) is 13.8 Å². The van der Waals surface area contributed by atoms with Crippen molar-refractivity contribution in [3.05, 3.63) is 41.9 Å². The standard InChI is InChI=1S/C14H15N3O2/c1-9-8-14(16-10(2)15-9)19-13-6-4-12(5-7-13)17-11(3)18/h4-8H,1-3H3,(H,17,18). The Morgan fingerprint density at radius 3 is 2.42 bits per heavy atom. The molecule has 1 aromatic heterocycles. The van der Waals surface area contributed by atoms with E-state index in [2.05, 4.69) is 15.3 Å². The highest BCUT2D eigenvalue weighted by atomic mass is 16.5. The third-order valence-corrected chi connectivity index (χ3v) is 2.34. The van der Waals surface area contributed by atoms with Crippen LogP contribution in [0.15, 0.2) is 30.3 Å². The van der Waals surface area contributed by atoms with Gasteiger partial charge in [-0.3, -0.25) is 4.79 Å². The summed E-state index contributed by atoms with van der Waals surface area (Å²) in [5.41, 5.74) is 1.59. The van der Waals surface area contributed by atoms with E-state index >= 15 is 0 Å². The molecule has 0 spiro atoms. The number of hydrogen-bond acceptors (Lipinski definition) is 4. The molecule has 1 heterocycles. The predicted octanol–water partition coefficient (Wildman–Crippen LogP) is 2.84. The van der Waals surface area contributed by atoms with E-state index in [1.54, 1.807) is 30.3 Å². The van der Waals surface area contributed by atoms with Gasteiger partial charge in [0, 0.05) is 24.4 Å². The molecule has 0 atom stereocenters. The van der Waals surface area contributed by atoms with E-state index in [1.807, 2.05) is 13.8 Å². The van der Waals surface area contributed by atoms with Gasteiger partial charge in [0.15, 0.2) is 0 Å². The van der Waals surface area contributed by atoms with E-state index in [0.29, 0.717) is 17.5 Å². The first-order valence-electron chi connectivity index (χ1n) is 5.91. The Kier molecular flexibility index (Phi) is 3.75. The van der Waals surface area contributed by atoms with Crippen LogP contribution in [-0.4, -0.2) is 15.9 Å². The predicted molar refractivity (Wildman–Crippen MR) is 72.3 cm³/mol. The van der Waals surface area contributed by atoms with Crippen molar-refractivity contribution in [2.45, 2.75) is 20.8 Å². The van der Waals surface area contributed by atoms with Gasteiger partial charge in [-0.25, -0.2) is 4.98 Å². The highest BCUT2D eigenvalue weighted by Crippen LogP contribution is 2.21. The molecule has 98 valence electrons. The second-order valence-electron chi connectivity index (χ2n) is 4.20. The molecule has 1 amide bonds. The molecule has 0 bridgehead atoms. The molecule has 0 radical (unpaired) electrons. The Hall–Kier alpha value is -2.43. The largest absolute Gasteiger partial charge is 0.439 e. The van der Waals surface area contributed by atoms with E-state index in [9.17, 15) is 4.79 Å². The zero-order valence-electron chi connectivity index (χ0n) is 11.1. The van der Waals surface area contributed by atoms with Crippen LogP contribution in [0.25, 0.3) is 0 Å². The third kappa shape index (κ3) is 3.77. The molecular formula is C14H15N3O2. The van der Waals surface area contributed by atoms with Crippen molar-refractivity contribution in [3.8, 4) is 11.6 Å². The first-order valence-corrected chi connectivity index (χ1v) is 5.91. The highest BCUT2D eigenvalue weighted by molar-refractivity contribution is 5.88. The minimum atomic E-state index is -0.101. The van der Waals surface area contributed by atoms with E-state index < -0.39 is 0 Å². The fourth-order valence-electron chi connectivity index (χ4n) is 1.67. The normalized spacial score (nSPS) is 10.1. The topological polar surface area (TPSA) is 64.1 Å². The van der Waals surface area contributed by atoms with Crippen LogP contribution in [0.4, 0.5) is 5.69 Å². The zero-order valence-corrected chi connectivity index (χ0v) is 11.1. The molecule has 0 aliphatic rings. The van der Waals surface area contributed by atoms with Crippen molar-refractivity contribution in [3.63, 3.8) is 0 Å². The Labute approximate surface area is 111 Å². The minimum Gasteiger partial charge on any atom is -0.439 e. The number of ether oxygens (including phenoxy) is 1. The molecule has 2 rings (SSSR count). The minimum absolute atomic E-state index is 0.101. The number of rotatable bonds is 3. The van der Waals surface area contributed by atoms with Crippen molar-refractivity contribution < 1.29 is 9.53 Å². The maximum atomic E-state index is 10.9. The summed E-state index contributed by atoms with van der Waals surface area (Å²) < 4.78 is 5.64. The summed E-state index contributed by atoms with van der Waals surface area (Å²) in [5, 5.41) is 2.69. The van der Waals surface area contributed by atoms with Gasteiger partial charge in [-0.1, -0.05) is 0 Å². The lowest BCUT2D eigenvalue weighted by Crippen LogP contribution is -2.05. The summed E-state index contributed by atoms with van der Waals surface area (Å²) in [5.74, 6) is 1.74. The SMILES string of the molecule is CC(=O)Nc1ccc(Oc2cc(C)nc(C)n2)cc1. The molecule has 0 fully saturated rings. The Morgan fingerprint density at radius 1 is 1.16 bits per heavy atom. The van der Waals surface area contributed by atoms with E-state index in [1.165, 1.54) is 6.92 Å². The molecule has 1 aromatic carbocycles. The number of carbonyl (C=O) groups is 1. The van der Waals surface area contributed by atoms with Gasteiger partial charge in [0.2, 0.25) is 11.8 Å². The molecule has 5 heteroatoms. The summed E-state index contributed by atoms with van der Waals surface area (Å²) in [7, 11) is 0.